The molecule has 0 saturated carbocycles. The van der Waals surface area contributed by atoms with Crippen LogP contribution in [0.15, 0.2) is 79.1 Å². The number of anilines is 1. The van der Waals surface area contributed by atoms with Crippen LogP contribution in [0.1, 0.15) is 23.6 Å². The van der Waals surface area contributed by atoms with Gasteiger partial charge in [0.2, 0.25) is 5.91 Å². The summed E-state index contributed by atoms with van der Waals surface area (Å²) in [4.78, 5) is 12.5. The zero-order chi connectivity index (χ0) is 16.1. The Bertz CT molecular complexity index is 763. The van der Waals surface area contributed by atoms with Gasteiger partial charge < -0.3 is 9.88 Å². The number of amides is 1. The van der Waals surface area contributed by atoms with Crippen LogP contribution in [0.2, 0.25) is 0 Å². The SMILES string of the molecule is Cc1ccccc1C(CC(=O)Nc1ccccc1)n1cccc1. The highest BCUT2D eigenvalue weighted by atomic mass is 16.1. The molecular formula is C20H20N2O. The van der Waals surface area contributed by atoms with E-state index in [1.54, 1.807) is 0 Å². The number of nitrogens with one attached hydrogen (secondary N) is 1. The second kappa shape index (κ2) is 6.97. The molecule has 1 aromatic heterocycles. The van der Waals surface area contributed by atoms with Crippen molar-refractivity contribution in [2.45, 2.75) is 19.4 Å². The van der Waals surface area contributed by atoms with Gasteiger partial charge in [-0.05, 0) is 42.3 Å². The molecule has 0 aliphatic rings. The minimum Gasteiger partial charge on any atom is -0.346 e. The highest BCUT2D eigenvalue weighted by molar-refractivity contribution is 5.91. The Morgan fingerprint density at radius 1 is 0.957 bits per heavy atom. The Morgan fingerprint density at radius 3 is 2.30 bits per heavy atom. The lowest BCUT2D eigenvalue weighted by molar-refractivity contribution is -0.116. The molecule has 0 aliphatic carbocycles. The maximum Gasteiger partial charge on any atom is 0.226 e. The Balaban J connectivity index is 1.82. The minimum atomic E-state index is -0.00471. The number of aryl methyl sites for hydroxylation is 1. The number of carbonyl (C=O) groups is 1. The summed E-state index contributed by atoms with van der Waals surface area (Å²) in [6, 6.07) is 21.8. The number of para-hydroxylation sites is 1. The summed E-state index contributed by atoms with van der Waals surface area (Å²) in [6.45, 7) is 2.08. The molecule has 1 unspecified atom stereocenters. The third kappa shape index (κ3) is 3.69. The van der Waals surface area contributed by atoms with Crippen LogP contribution in [-0.2, 0) is 4.79 Å². The number of rotatable bonds is 5. The molecule has 1 heterocycles. The molecule has 23 heavy (non-hydrogen) atoms. The predicted octanol–water partition coefficient (Wildman–Crippen LogP) is 4.41. The van der Waals surface area contributed by atoms with E-state index in [0.29, 0.717) is 6.42 Å². The van der Waals surface area contributed by atoms with Crippen molar-refractivity contribution >= 4 is 11.6 Å². The van der Waals surface area contributed by atoms with Gasteiger partial charge in [0.15, 0.2) is 0 Å². The normalized spacial score (nSPS) is 11.9. The van der Waals surface area contributed by atoms with E-state index in [9.17, 15) is 4.79 Å². The summed E-state index contributed by atoms with van der Waals surface area (Å²) < 4.78 is 2.09. The average Bonchev–Trinajstić information content (AvgIpc) is 3.09. The molecule has 0 spiro atoms. The highest BCUT2D eigenvalue weighted by Crippen LogP contribution is 2.25. The van der Waals surface area contributed by atoms with Gasteiger partial charge >= 0.3 is 0 Å². The zero-order valence-corrected chi connectivity index (χ0v) is 13.1. The molecule has 0 aliphatic heterocycles. The van der Waals surface area contributed by atoms with Crippen molar-refractivity contribution < 1.29 is 4.79 Å². The first-order valence-electron chi connectivity index (χ1n) is 7.77. The maximum atomic E-state index is 12.5. The van der Waals surface area contributed by atoms with Crippen molar-refractivity contribution in [3.63, 3.8) is 0 Å². The van der Waals surface area contributed by atoms with Crippen molar-refractivity contribution in [2.24, 2.45) is 0 Å². The van der Waals surface area contributed by atoms with Gasteiger partial charge in [-0.1, -0.05) is 42.5 Å². The number of aromatic nitrogens is 1. The Morgan fingerprint density at radius 2 is 1.61 bits per heavy atom. The molecule has 0 fully saturated rings. The molecular weight excluding hydrogens is 284 g/mol. The van der Waals surface area contributed by atoms with Crippen LogP contribution in [0.5, 0.6) is 0 Å². The fourth-order valence-corrected chi connectivity index (χ4v) is 2.80. The molecule has 0 bridgehead atoms. The molecule has 1 atom stereocenters. The first-order chi connectivity index (χ1) is 11.2. The summed E-state index contributed by atoms with van der Waals surface area (Å²) in [5.74, 6) is 0.0122. The van der Waals surface area contributed by atoms with Gasteiger partial charge in [0.25, 0.3) is 0 Å². The molecule has 0 saturated heterocycles. The number of hydrogen-bond donors (Lipinski definition) is 1. The van der Waals surface area contributed by atoms with Gasteiger partial charge in [0, 0.05) is 18.1 Å². The van der Waals surface area contributed by atoms with Crippen LogP contribution < -0.4 is 5.32 Å². The number of carbonyl (C=O) groups excluding carboxylic acids is 1. The molecule has 3 nitrogen and oxygen atoms in total. The standard InChI is InChI=1S/C20H20N2O/c1-16-9-5-6-12-18(16)19(22-13-7-8-14-22)15-20(23)21-17-10-3-2-4-11-17/h2-14,19H,15H2,1H3,(H,21,23). The molecule has 1 N–H and O–H groups in total. The number of benzene rings is 2. The van der Waals surface area contributed by atoms with E-state index in [-0.39, 0.29) is 11.9 Å². The van der Waals surface area contributed by atoms with Crippen molar-refractivity contribution in [2.75, 3.05) is 5.32 Å². The average molecular weight is 304 g/mol. The van der Waals surface area contributed by atoms with Crippen LogP contribution in [0.4, 0.5) is 5.69 Å². The van der Waals surface area contributed by atoms with E-state index in [2.05, 4.69) is 28.9 Å². The molecule has 116 valence electrons. The molecule has 3 aromatic rings. The number of nitrogens with zero attached hydrogens (tertiary/aromatic N) is 1. The number of hydrogen-bond acceptors (Lipinski definition) is 1. The fraction of sp³-hybridized carbons (Fsp3) is 0.150. The summed E-state index contributed by atoms with van der Waals surface area (Å²) in [6.07, 6.45) is 4.41. The molecule has 0 radical (unpaired) electrons. The predicted molar refractivity (Wildman–Crippen MR) is 93.4 cm³/mol. The van der Waals surface area contributed by atoms with Crippen molar-refractivity contribution in [1.82, 2.24) is 4.57 Å². The third-order valence-corrected chi connectivity index (χ3v) is 3.97. The minimum absolute atomic E-state index is 0.00471. The van der Waals surface area contributed by atoms with Crippen LogP contribution in [0, 0.1) is 6.92 Å². The third-order valence-electron chi connectivity index (χ3n) is 3.97. The van der Waals surface area contributed by atoms with Crippen LogP contribution in [-0.4, -0.2) is 10.5 Å². The fourth-order valence-electron chi connectivity index (χ4n) is 2.80. The van der Waals surface area contributed by atoms with Crippen molar-refractivity contribution in [3.8, 4) is 0 Å². The second-order valence-corrected chi connectivity index (χ2v) is 5.62. The summed E-state index contributed by atoms with van der Waals surface area (Å²) in [7, 11) is 0. The Hall–Kier alpha value is -2.81. The monoisotopic (exact) mass is 304 g/mol. The van der Waals surface area contributed by atoms with Crippen LogP contribution in [0.25, 0.3) is 0 Å². The van der Waals surface area contributed by atoms with Crippen LogP contribution in [0.3, 0.4) is 0 Å². The van der Waals surface area contributed by atoms with Crippen molar-refractivity contribution in [1.29, 1.82) is 0 Å². The zero-order valence-electron chi connectivity index (χ0n) is 13.1. The summed E-state index contributed by atoms with van der Waals surface area (Å²) in [5.41, 5.74) is 3.19. The smallest absolute Gasteiger partial charge is 0.226 e. The first-order valence-corrected chi connectivity index (χ1v) is 7.77. The summed E-state index contributed by atoms with van der Waals surface area (Å²) >= 11 is 0. The lowest BCUT2D eigenvalue weighted by Gasteiger charge is -2.21. The topological polar surface area (TPSA) is 34.0 Å². The van der Waals surface area contributed by atoms with Gasteiger partial charge in [0.05, 0.1) is 12.5 Å². The largest absolute Gasteiger partial charge is 0.346 e. The van der Waals surface area contributed by atoms with Gasteiger partial charge in [-0.3, -0.25) is 4.79 Å². The van der Waals surface area contributed by atoms with E-state index >= 15 is 0 Å². The maximum absolute atomic E-state index is 12.5. The van der Waals surface area contributed by atoms with Gasteiger partial charge in [0.1, 0.15) is 0 Å². The van der Waals surface area contributed by atoms with Crippen LogP contribution >= 0.6 is 0 Å². The van der Waals surface area contributed by atoms with Gasteiger partial charge in [-0.15, -0.1) is 0 Å². The van der Waals surface area contributed by atoms with E-state index < -0.39 is 0 Å². The molecule has 3 heteroatoms. The van der Waals surface area contributed by atoms with E-state index in [1.165, 1.54) is 11.1 Å². The van der Waals surface area contributed by atoms with E-state index in [1.807, 2.05) is 67.0 Å². The van der Waals surface area contributed by atoms with E-state index in [0.717, 1.165) is 5.69 Å². The highest BCUT2D eigenvalue weighted by Gasteiger charge is 2.18. The molecule has 1 amide bonds. The van der Waals surface area contributed by atoms with Gasteiger partial charge in [-0.25, -0.2) is 0 Å². The molecule has 2 aromatic carbocycles. The Labute approximate surface area is 136 Å². The van der Waals surface area contributed by atoms with Gasteiger partial charge in [-0.2, -0.15) is 0 Å². The lowest BCUT2D eigenvalue weighted by Crippen LogP contribution is -2.20. The lowest BCUT2D eigenvalue weighted by atomic mass is 9.98. The Kier molecular flexibility index (Phi) is 4.57. The first kappa shape index (κ1) is 15.1. The van der Waals surface area contributed by atoms with E-state index in [4.69, 9.17) is 0 Å². The summed E-state index contributed by atoms with van der Waals surface area (Å²) in [5, 5.41) is 2.97. The second-order valence-electron chi connectivity index (χ2n) is 5.62. The van der Waals surface area contributed by atoms with Crippen molar-refractivity contribution in [3.05, 3.63) is 90.3 Å². The quantitative estimate of drug-likeness (QED) is 0.744. The molecule has 3 rings (SSSR count).